The van der Waals surface area contributed by atoms with Gasteiger partial charge in [0.25, 0.3) is 11.2 Å². The monoisotopic (exact) mass is 282 g/mol. The Balaban J connectivity index is 2.12. The number of aromatic nitrogens is 1. The third kappa shape index (κ3) is 3.28. The normalized spacial score (nSPS) is 16.7. The Morgan fingerprint density at radius 1 is 1.63 bits per heavy atom. The van der Waals surface area contributed by atoms with Crippen LogP contribution < -0.4 is 10.0 Å². The van der Waals surface area contributed by atoms with E-state index in [-0.39, 0.29) is 0 Å². The summed E-state index contributed by atoms with van der Waals surface area (Å²) in [5.41, 5.74) is 0.825. The number of hydrogen-bond acceptors (Lipinski definition) is 6. The number of nitrogens with zero attached hydrogens (tertiary/aromatic N) is 3. The van der Waals surface area contributed by atoms with Crippen molar-refractivity contribution in [1.29, 1.82) is 0 Å². The van der Waals surface area contributed by atoms with E-state index in [1.54, 1.807) is 6.07 Å². The lowest BCUT2D eigenvalue weighted by molar-refractivity contribution is -0.646. The summed E-state index contributed by atoms with van der Waals surface area (Å²) >= 11 is 1.38. The average molecular weight is 282 g/mol. The maximum atomic E-state index is 11.6. The zero-order chi connectivity index (χ0) is 13.8. The minimum Gasteiger partial charge on any atom is -0.618 e. The molecule has 1 aromatic heterocycles. The van der Waals surface area contributed by atoms with Crippen LogP contribution in [0.25, 0.3) is 0 Å². The van der Waals surface area contributed by atoms with E-state index in [9.17, 15) is 15.3 Å². The first-order valence-corrected chi connectivity index (χ1v) is 6.93. The molecule has 0 saturated carbocycles. The van der Waals surface area contributed by atoms with E-state index in [2.05, 4.69) is 5.32 Å². The molecule has 1 N–H and O–H groups in total. The van der Waals surface area contributed by atoms with Crippen LogP contribution in [0.2, 0.25) is 0 Å². The molecular formula is C11H14N4O3S. The molecule has 2 rings (SSSR count). The van der Waals surface area contributed by atoms with Crippen molar-refractivity contribution in [3.63, 3.8) is 0 Å². The van der Waals surface area contributed by atoms with Crippen LogP contribution in [0.5, 0.6) is 0 Å². The molecule has 1 fully saturated rings. The maximum absolute atomic E-state index is 11.6. The first-order chi connectivity index (χ1) is 9.10. The summed E-state index contributed by atoms with van der Waals surface area (Å²) < 4.78 is 0.820. The van der Waals surface area contributed by atoms with Gasteiger partial charge < -0.3 is 15.4 Å². The molecule has 19 heavy (non-hydrogen) atoms. The van der Waals surface area contributed by atoms with E-state index in [1.165, 1.54) is 18.0 Å². The van der Waals surface area contributed by atoms with Gasteiger partial charge >= 0.3 is 0 Å². The lowest BCUT2D eigenvalue weighted by Crippen LogP contribution is -2.30. The lowest BCUT2D eigenvalue weighted by Gasteiger charge is -2.16. The van der Waals surface area contributed by atoms with Crippen molar-refractivity contribution in [2.75, 3.05) is 19.3 Å². The fourth-order valence-electron chi connectivity index (χ4n) is 1.92. The number of nitro groups is 1. The van der Waals surface area contributed by atoms with Crippen molar-refractivity contribution >= 4 is 11.8 Å². The van der Waals surface area contributed by atoms with Crippen molar-refractivity contribution in [3.8, 4) is 0 Å². The van der Waals surface area contributed by atoms with Gasteiger partial charge in [-0.05, 0) is 12.3 Å². The Morgan fingerprint density at radius 3 is 3.05 bits per heavy atom. The van der Waals surface area contributed by atoms with Gasteiger partial charge in [-0.25, -0.2) is 0 Å². The van der Waals surface area contributed by atoms with E-state index in [1.807, 2.05) is 17.2 Å². The van der Waals surface area contributed by atoms with Gasteiger partial charge in [0.1, 0.15) is 0 Å². The molecule has 7 nitrogen and oxygen atoms in total. The smallest absolute Gasteiger partial charge is 0.274 e. The molecule has 0 amide bonds. The highest BCUT2D eigenvalue weighted by molar-refractivity contribution is 7.98. The number of rotatable bonds is 4. The fourth-order valence-corrected chi connectivity index (χ4v) is 2.36. The Morgan fingerprint density at radius 2 is 2.42 bits per heavy atom. The molecule has 1 aliphatic heterocycles. The van der Waals surface area contributed by atoms with E-state index < -0.39 is 4.92 Å². The third-order valence-corrected chi connectivity index (χ3v) is 3.51. The van der Waals surface area contributed by atoms with Crippen LogP contribution in [0.3, 0.4) is 0 Å². The van der Waals surface area contributed by atoms with Gasteiger partial charge in [-0.2, -0.15) is 4.73 Å². The van der Waals surface area contributed by atoms with Crippen molar-refractivity contribution < 1.29 is 9.65 Å². The van der Waals surface area contributed by atoms with Crippen LogP contribution in [-0.4, -0.2) is 29.2 Å². The predicted molar refractivity (Wildman–Crippen MR) is 70.7 cm³/mol. The summed E-state index contributed by atoms with van der Waals surface area (Å²) in [5, 5.41) is 25.7. The van der Waals surface area contributed by atoms with Crippen LogP contribution in [0.15, 0.2) is 35.4 Å². The molecule has 1 saturated heterocycles. The summed E-state index contributed by atoms with van der Waals surface area (Å²) in [6, 6.07) is 3.62. The minimum absolute atomic E-state index is 0.476. The van der Waals surface area contributed by atoms with Gasteiger partial charge in [-0.3, -0.25) is 10.1 Å². The molecule has 1 aromatic rings. The molecule has 1 aliphatic rings. The summed E-state index contributed by atoms with van der Waals surface area (Å²) in [5.74, 6) is 0.483. The van der Waals surface area contributed by atoms with E-state index in [4.69, 9.17) is 0 Å². The molecule has 0 aromatic carbocycles. The lowest BCUT2D eigenvalue weighted by atomic mass is 10.2. The maximum Gasteiger partial charge on any atom is 0.274 e. The topological polar surface area (TPSA) is 85.3 Å². The number of hydrogen-bond donors (Lipinski definition) is 1. The molecule has 0 aliphatic carbocycles. The van der Waals surface area contributed by atoms with Gasteiger partial charge in [-0.1, -0.05) is 11.8 Å². The molecule has 102 valence electrons. The standard InChI is InChI=1S/C11H14N4O3S/c1-19-11-3-2-9(7-14(11)16)6-13-5-4-12-10(13)8-15(17)18/h2-3,7-8,12H,4-6H2,1H3/b10-8+. The summed E-state index contributed by atoms with van der Waals surface area (Å²) in [6.45, 7) is 1.83. The van der Waals surface area contributed by atoms with Crippen LogP contribution in [0.4, 0.5) is 0 Å². The van der Waals surface area contributed by atoms with Crippen molar-refractivity contribution in [2.24, 2.45) is 0 Å². The van der Waals surface area contributed by atoms with Crippen LogP contribution in [-0.2, 0) is 6.54 Å². The Labute approximate surface area is 114 Å². The molecule has 2 heterocycles. The Kier molecular flexibility index (Phi) is 4.10. The Bertz CT molecular complexity index is 521. The highest BCUT2D eigenvalue weighted by Crippen LogP contribution is 2.14. The average Bonchev–Trinajstić information content (AvgIpc) is 2.76. The summed E-state index contributed by atoms with van der Waals surface area (Å²) in [4.78, 5) is 11.9. The second-order valence-corrected chi connectivity index (χ2v) is 4.88. The van der Waals surface area contributed by atoms with E-state index >= 15 is 0 Å². The largest absolute Gasteiger partial charge is 0.618 e. The van der Waals surface area contributed by atoms with Gasteiger partial charge in [0.2, 0.25) is 0 Å². The zero-order valence-electron chi connectivity index (χ0n) is 10.4. The number of pyridine rings is 1. The molecule has 8 heteroatoms. The first-order valence-electron chi connectivity index (χ1n) is 5.70. The first kappa shape index (κ1) is 13.5. The van der Waals surface area contributed by atoms with E-state index in [0.29, 0.717) is 30.5 Å². The molecule has 0 atom stereocenters. The SMILES string of the molecule is CSc1ccc(CN2CCN/C2=C\[N+](=O)[O-])c[n+]1[O-]. The zero-order valence-corrected chi connectivity index (χ0v) is 11.2. The number of nitrogens with one attached hydrogen (secondary N) is 1. The van der Waals surface area contributed by atoms with Crippen molar-refractivity contribution in [2.45, 2.75) is 11.6 Å². The minimum atomic E-state index is -0.481. The van der Waals surface area contributed by atoms with Crippen LogP contribution in [0, 0.1) is 15.3 Å². The van der Waals surface area contributed by atoms with Crippen molar-refractivity contribution in [3.05, 3.63) is 51.2 Å². The van der Waals surface area contributed by atoms with Gasteiger partial charge in [0.05, 0.1) is 11.5 Å². The van der Waals surface area contributed by atoms with Crippen LogP contribution >= 0.6 is 11.8 Å². The Hall–Kier alpha value is -1.96. The van der Waals surface area contributed by atoms with Gasteiger partial charge in [0, 0.05) is 24.7 Å². The summed E-state index contributed by atoms with van der Waals surface area (Å²) in [6.07, 6.45) is 4.30. The number of thioether (sulfide) groups is 1. The quantitative estimate of drug-likeness (QED) is 0.285. The highest BCUT2D eigenvalue weighted by Gasteiger charge is 2.20. The molecule has 0 spiro atoms. The van der Waals surface area contributed by atoms with Crippen LogP contribution in [0.1, 0.15) is 5.56 Å². The van der Waals surface area contributed by atoms with Crippen molar-refractivity contribution in [1.82, 2.24) is 10.2 Å². The molecule has 0 bridgehead atoms. The van der Waals surface area contributed by atoms with E-state index in [0.717, 1.165) is 16.5 Å². The predicted octanol–water partition coefficient (Wildman–Crippen LogP) is 0.523. The fraction of sp³-hybridized carbons (Fsp3) is 0.364. The highest BCUT2D eigenvalue weighted by atomic mass is 32.2. The van der Waals surface area contributed by atoms with Gasteiger partial charge in [0.15, 0.2) is 12.0 Å². The second-order valence-electron chi connectivity index (χ2n) is 4.05. The summed E-state index contributed by atoms with van der Waals surface area (Å²) in [7, 11) is 0. The molecule has 0 unspecified atom stereocenters. The second kappa shape index (κ2) is 5.79. The molecule has 0 radical (unpaired) electrons. The van der Waals surface area contributed by atoms with Gasteiger partial charge in [-0.15, -0.1) is 0 Å². The third-order valence-electron chi connectivity index (χ3n) is 2.78. The molecular weight excluding hydrogens is 268 g/mol.